The van der Waals surface area contributed by atoms with Gasteiger partial charge in [-0.05, 0) is 37.4 Å². The average Bonchev–Trinajstić information content (AvgIpc) is 2.82. The van der Waals surface area contributed by atoms with Crippen molar-refractivity contribution in [1.82, 2.24) is 10.2 Å². The third kappa shape index (κ3) is 4.45. The van der Waals surface area contributed by atoms with E-state index in [0.29, 0.717) is 11.5 Å². The van der Waals surface area contributed by atoms with E-state index in [4.69, 9.17) is 4.74 Å². The zero-order chi connectivity index (χ0) is 15.3. The van der Waals surface area contributed by atoms with Crippen LogP contribution in [0.4, 0.5) is 0 Å². The van der Waals surface area contributed by atoms with Crippen LogP contribution in [0.15, 0.2) is 24.3 Å². The van der Waals surface area contributed by atoms with Gasteiger partial charge in [0.15, 0.2) is 0 Å². The van der Waals surface area contributed by atoms with Crippen molar-refractivity contribution < 1.29 is 4.74 Å². The van der Waals surface area contributed by atoms with Crippen molar-refractivity contribution in [3.63, 3.8) is 0 Å². The topological polar surface area (TPSA) is 24.5 Å². The van der Waals surface area contributed by atoms with E-state index in [1.807, 2.05) is 6.07 Å². The summed E-state index contributed by atoms with van der Waals surface area (Å²) in [6.07, 6.45) is 2.44. The minimum Gasteiger partial charge on any atom is -0.496 e. The Hall–Kier alpha value is -1.06. The summed E-state index contributed by atoms with van der Waals surface area (Å²) in [5.74, 6) is 0.990. The predicted molar refractivity (Wildman–Crippen MR) is 88.9 cm³/mol. The molecular weight excluding hydrogens is 260 g/mol. The van der Waals surface area contributed by atoms with Crippen molar-refractivity contribution in [2.45, 2.75) is 39.7 Å². The fourth-order valence-corrected chi connectivity index (χ4v) is 3.18. The number of ether oxygens (including phenoxy) is 1. The first kappa shape index (κ1) is 16.3. The van der Waals surface area contributed by atoms with Crippen LogP contribution in [0.1, 0.15) is 45.2 Å². The van der Waals surface area contributed by atoms with Crippen molar-refractivity contribution in [3.8, 4) is 5.75 Å². The monoisotopic (exact) mass is 290 g/mol. The standard InChI is InChI=1S/C18H30N2O/c1-5-11-19-16(13-20-12-10-18(2,3)14-20)15-8-6-7-9-17(15)21-4/h6-9,16,19H,5,10-14H2,1-4H3. The van der Waals surface area contributed by atoms with Crippen molar-refractivity contribution in [1.29, 1.82) is 0 Å². The molecule has 1 saturated heterocycles. The predicted octanol–water partition coefficient (Wildman–Crippen LogP) is 3.47. The molecule has 21 heavy (non-hydrogen) atoms. The molecule has 0 radical (unpaired) electrons. The third-order valence-corrected chi connectivity index (χ3v) is 4.35. The highest BCUT2D eigenvalue weighted by Gasteiger charge is 2.31. The molecule has 0 bridgehead atoms. The maximum Gasteiger partial charge on any atom is 0.123 e. The second-order valence-electron chi connectivity index (χ2n) is 6.90. The minimum absolute atomic E-state index is 0.343. The Bertz CT molecular complexity index is 445. The number of hydrogen-bond acceptors (Lipinski definition) is 3. The number of rotatable bonds is 7. The lowest BCUT2D eigenvalue weighted by molar-refractivity contribution is 0.258. The SMILES string of the molecule is CCCNC(CN1CCC(C)(C)C1)c1ccccc1OC. The van der Waals surface area contributed by atoms with Crippen LogP contribution in [-0.2, 0) is 0 Å². The van der Waals surface area contributed by atoms with E-state index in [0.717, 1.165) is 25.3 Å². The highest BCUT2D eigenvalue weighted by atomic mass is 16.5. The average molecular weight is 290 g/mol. The molecule has 1 aromatic rings. The van der Waals surface area contributed by atoms with E-state index in [2.05, 4.69) is 49.2 Å². The highest BCUT2D eigenvalue weighted by Crippen LogP contribution is 2.31. The molecule has 1 aliphatic heterocycles. The summed E-state index contributed by atoms with van der Waals surface area (Å²) in [5, 5.41) is 3.69. The third-order valence-electron chi connectivity index (χ3n) is 4.35. The van der Waals surface area contributed by atoms with Crippen LogP contribution in [0, 0.1) is 5.41 Å². The Morgan fingerprint density at radius 2 is 2.10 bits per heavy atom. The fourth-order valence-electron chi connectivity index (χ4n) is 3.18. The molecule has 0 amide bonds. The lowest BCUT2D eigenvalue weighted by Gasteiger charge is -2.27. The number of benzene rings is 1. The Morgan fingerprint density at radius 1 is 1.33 bits per heavy atom. The van der Waals surface area contributed by atoms with Gasteiger partial charge in [0.2, 0.25) is 0 Å². The summed E-state index contributed by atoms with van der Waals surface area (Å²) in [5.41, 5.74) is 1.73. The van der Waals surface area contributed by atoms with E-state index in [1.165, 1.54) is 25.1 Å². The summed E-state index contributed by atoms with van der Waals surface area (Å²) < 4.78 is 5.55. The Balaban J connectivity index is 2.11. The number of likely N-dealkylation sites (tertiary alicyclic amines) is 1. The van der Waals surface area contributed by atoms with Crippen LogP contribution in [0.3, 0.4) is 0 Å². The van der Waals surface area contributed by atoms with E-state index < -0.39 is 0 Å². The molecule has 3 nitrogen and oxygen atoms in total. The van der Waals surface area contributed by atoms with Crippen LogP contribution in [0.2, 0.25) is 0 Å². The van der Waals surface area contributed by atoms with E-state index in [1.54, 1.807) is 7.11 Å². The van der Waals surface area contributed by atoms with Crippen molar-refractivity contribution >= 4 is 0 Å². The van der Waals surface area contributed by atoms with Gasteiger partial charge in [-0.25, -0.2) is 0 Å². The summed E-state index contributed by atoms with van der Waals surface area (Å²) in [6, 6.07) is 8.73. The number of hydrogen-bond donors (Lipinski definition) is 1. The Morgan fingerprint density at radius 3 is 2.71 bits per heavy atom. The number of nitrogens with zero attached hydrogens (tertiary/aromatic N) is 1. The van der Waals surface area contributed by atoms with Gasteiger partial charge in [0.05, 0.1) is 7.11 Å². The van der Waals surface area contributed by atoms with Crippen molar-refractivity contribution in [2.75, 3.05) is 33.3 Å². The minimum atomic E-state index is 0.343. The molecule has 0 aliphatic carbocycles. The number of para-hydroxylation sites is 1. The molecule has 0 spiro atoms. The lowest BCUT2D eigenvalue weighted by atomic mass is 9.93. The normalized spacial score (nSPS) is 19.6. The van der Waals surface area contributed by atoms with Crippen LogP contribution < -0.4 is 10.1 Å². The van der Waals surface area contributed by atoms with Crippen LogP contribution in [0.25, 0.3) is 0 Å². The van der Waals surface area contributed by atoms with Gasteiger partial charge in [0.1, 0.15) is 5.75 Å². The molecular formula is C18H30N2O. The molecule has 0 aromatic heterocycles. The second-order valence-corrected chi connectivity index (χ2v) is 6.90. The van der Waals surface area contributed by atoms with E-state index in [9.17, 15) is 0 Å². The fraction of sp³-hybridized carbons (Fsp3) is 0.667. The molecule has 1 N–H and O–H groups in total. The Labute approximate surface area is 129 Å². The van der Waals surface area contributed by atoms with E-state index in [-0.39, 0.29) is 0 Å². The highest BCUT2D eigenvalue weighted by molar-refractivity contribution is 5.36. The molecule has 118 valence electrons. The first-order chi connectivity index (χ1) is 10.1. The second kappa shape index (κ2) is 7.28. The molecule has 0 saturated carbocycles. The first-order valence-electron chi connectivity index (χ1n) is 8.14. The van der Waals surface area contributed by atoms with Crippen molar-refractivity contribution in [3.05, 3.63) is 29.8 Å². The molecule has 1 aliphatic rings. The van der Waals surface area contributed by atoms with E-state index >= 15 is 0 Å². The molecule has 1 atom stereocenters. The van der Waals surface area contributed by atoms with Gasteiger partial charge in [0, 0.05) is 24.7 Å². The van der Waals surface area contributed by atoms with Gasteiger partial charge in [-0.15, -0.1) is 0 Å². The lowest BCUT2D eigenvalue weighted by Crippen LogP contribution is -2.35. The van der Waals surface area contributed by atoms with Gasteiger partial charge in [-0.1, -0.05) is 39.0 Å². The van der Waals surface area contributed by atoms with Gasteiger partial charge >= 0.3 is 0 Å². The van der Waals surface area contributed by atoms with Gasteiger partial charge in [-0.2, -0.15) is 0 Å². The molecule has 1 unspecified atom stereocenters. The molecule has 3 heteroatoms. The molecule has 1 heterocycles. The number of nitrogens with one attached hydrogen (secondary N) is 1. The summed E-state index contributed by atoms with van der Waals surface area (Å²) in [7, 11) is 1.76. The largest absolute Gasteiger partial charge is 0.496 e. The summed E-state index contributed by atoms with van der Waals surface area (Å²) >= 11 is 0. The van der Waals surface area contributed by atoms with Crippen molar-refractivity contribution in [2.24, 2.45) is 5.41 Å². The zero-order valence-corrected chi connectivity index (χ0v) is 14.0. The van der Waals surface area contributed by atoms with Crippen LogP contribution >= 0.6 is 0 Å². The van der Waals surface area contributed by atoms with Crippen LogP contribution in [0.5, 0.6) is 5.75 Å². The Kier molecular flexibility index (Phi) is 5.65. The van der Waals surface area contributed by atoms with Crippen LogP contribution in [-0.4, -0.2) is 38.2 Å². The molecule has 1 aromatic carbocycles. The summed E-state index contributed by atoms with van der Waals surface area (Å²) in [6.45, 7) is 11.4. The van der Waals surface area contributed by atoms with Gasteiger partial charge in [0.25, 0.3) is 0 Å². The maximum absolute atomic E-state index is 5.55. The van der Waals surface area contributed by atoms with Gasteiger partial charge < -0.3 is 15.0 Å². The molecule has 2 rings (SSSR count). The number of methoxy groups -OCH3 is 1. The quantitative estimate of drug-likeness (QED) is 0.832. The zero-order valence-electron chi connectivity index (χ0n) is 14.0. The smallest absolute Gasteiger partial charge is 0.123 e. The summed E-state index contributed by atoms with van der Waals surface area (Å²) in [4.78, 5) is 2.58. The first-order valence-corrected chi connectivity index (χ1v) is 8.14. The molecule has 1 fully saturated rings. The maximum atomic E-state index is 5.55. The van der Waals surface area contributed by atoms with Gasteiger partial charge in [-0.3, -0.25) is 0 Å².